The number of aliphatic hydroxyl groups excluding tert-OH is 2. The van der Waals surface area contributed by atoms with Gasteiger partial charge in [-0.3, -0.25) is 0 Å². The first-order valence-electron chi connectivity index (χ1n) is 8.58. The van der Waals surface area contributed by atoms with E-state index in [1.54, 1.807) is 16.8 Å². The van der Waals surface area contributed by atoms with Gasteiger partial charge in [-0.15, -0.1) is 0 Å². The van der Waals surface area contributed by atoms with Gasteiger partial charge in [0.25, 0.3) is 0 Å². The molecule has 0 unspecified atom stereocenters. The average Bonchev–Trinajstić information content (AvgIpc) is 3.15. The van der Waals surface area contributed by atoms with Gasteiger partial charge in [-0.1, -0.05) is 12.1 Å². The fraction of sp³-hybridized carbons (Fsp3) is 0.368. The van der Waals surface area contributed by atoms with Crippen LogP contribution in [0.3, 0.4) is 0 Å². The van der Waals surface area contributed by atoms with Crippen molar-refractivity contribution >= 4 is 11.0 Å². The molecule has 3 N–H and O–H groups in total. The highest BCUT2D eigenvalue weighted by Gasteiger charge is 2.55. The highest BCUT2D eigenvalue weighted by atomic mass is 19.1. The fourth-order valence-electron chi connectivity index (χ4n) is 3.60. The fourth-order valence-corrected chi connectivity index (χ4v) is 3.60. The van der Waals surface area contributed by atoms with E-state index in [1.165, 1.54) is 37.5 Å². The van der Waals surface area contributed by atoms with Crippen LogP contribution >= 0.6 is 0 Å². The highest BCUT2D eigenvalue weighted by molar-refractivity contribution is 5.78. The van der Waals surface area contributed by atoms with Crippen molar-refractivity contribution in [3.8, 4) is 0 Å². The van der Waals surface area contributed by atoms with Gasteiger partial charge in [-0.05, 0) is 37.6 Å². The van der Waals surface area contributed by atoms with Crippen LogP contribution in [0.15, 0.2) is 42.9 Å². The molecule has 7 nitrogen and oxygen atoms in total. The molecule has 0 bridgehead atoms. The van der Waals surface area contributed by atoms with E-state index in [9.17, 15) is 19.7 Å². The van der Waals surface area contributed by atoms with E-state index in [2.05, 4.69) is 9.97 Å². The SMILES string of the molecule is Cc1ncnc2c1ccn2[C@@H]1O[C@H]([C@@H](O)c2cccc(F)c2)[C@@](C)(O)[C@H]1O. The second-order valence-electron chi connectivity index (χ2n) is 7.04. The van der Waals surface area contributed by atoms with Crippen LogP contribution in [-0.4, -0.2) is 47.7 Å². The van der Waals surface area contributed by atoms with Crippen molar-refractivity contribution in [3.05, 3.63) is 59.9 Å². The Kier molecular flexibility index (Phi) is 4.23. The molecule has 3 aromatic rings. The average molecular weight is 373 g/mol. The molecule has 1 aliphatic heterocycles. The van der Waals surface area contributed by atoms with E-state index in [1.807, 2.05) is 6.92 Å². The number of hydrogen-bond donors (Lipinski definition) is 3. The Balaban J connectivity index is 1.71. The molecule has 0 radical (unpaired) electrons. The molecule has 1 saturated heterocycles. The lowest BCUT2D eigenvalue weighted by atomic mass is 9.88. The monoisotopic (exact) mass is 373 g/mol. The number of ether oxygens (including phenoxy) is 1. The summed E-state index contributed by atoms with van der Waals surface area (Å²) in [5.41, 5.74) is -0.198. The number of fused-ring (bicyclic) bond motifs is 1. The lowest BCUT2D eigenvalue weighted by Crippen LogP contribution is -2.47. The largest absolute Gasteiger partial charge is 0.386 e. The molecule has 5 atom stereocenters. The first-order chi connectivity index (χ1) is 12.8. The molecular formula is C19H20FN3O4. The summed E-state index contributed by atoms with van der Waals surface area (Å²) in [7, 11) is 0. The molecule has 1 fully saturated rings. The number of halogens is 1. The minimum atomic E-state index is -1.77. The smallest absolute Gasteiger partial charge is 0.164 e. The summed E-state index contributed by atoms with van der Waals surface area (Å²) in [4.78, 5) is 8.37. The Morgan fingerprint density at radius 1 is 1.30 bits per heavy atom. The maximum atomic E-state index is 13.5. The van der Waals surface area contributed by atoms with Crippen LogP contribution in [0.25, 0.3) is 11.0 Å². The third kappa shape index (κ3) is 2.81. The van der Waals surface area contributed by atoms with Gasteiger partial charge in [-0.25, -0.2) is 14.4 Å². The molecule has 8 heteroatoms. The van der Waals surface area contributed by atoms with Crippen molar-refractivity contribution in [1.29, 1.82) is 0 Å². The zero-order chi connectivity index (χ0) is 19.3. The minimum Gasteiger partial charge on any atom is -0.386 e. The Morgan fingerprint density at radius 2 is 2.07 bits per heavy atom. The predicted octanol–water partition coefficient (Wildman–Crippen LogP) is 1.62. The molecule has 2 aromatic heterocycles. The topological polar surface area (TPSA) is 101 Å². The summed E-state index contributed by atoms with van der Waals surface area (Å²) in [6.45, 7) is 3.23. The van der Waals surface area contributed by atoms with Crippen molar-refractivity contribution in [2.24, 2.45) is 0 Å². The van der Waals surface area contributed by atoms with Crippen LogP contribution in [0, 0.1) is 12.7 Å². The normalized spacial score (nSPS) is 29.3. The lowest BCUT2D eigenvalue weighted by Gasteiger charge is -2.29. The quantitative estimate of drug-likeness (QED) is 0.645. The zero-order valence-electron chi connectivity index (χ0n) is 14.8. The van der Waals surface area contributed by atoms with Crippen LogP contribution in [0.4, 0.5) is 4.39 Å². The van der Waals surface area contributed by atoms with Crippen LogP contribution < -0.4 is 0 Å². The van der Waals surface area contributed by atoms with E-state index in [-0.39, 0.29) is 5.56 Å². The molecule has 27 heavy (non-hydrogen) atoms. The molecule has 0 amide bonds. The summed E-state index contributed by atoms with van der Waals surface area (Å²) in [6.07, 6.45) is -1.70. The number of hydrogen-bond acceptors (Lipinski definition) is 6. The van der Waals surface area contributed by atoms with Crippen molar-refractivity contribution in [2.75, 3.05) is 0 Å². The molecule has 1 aromatic carbocycles. The standard InChI is InChI=1S/C19H20FN3O4/c1-10-13-6-7-23(17(13)22-9-21-10)18-15(25)19(2,26)16(27-18)14(24)11-4-3-5-12(20)8-11/h3-9,14-16,18,24-26H,1-2H3/t14-,15-,16+,18+,19-/m0/s1. The Labute approximate surface area is 154 Å². The zero-order valence-corrected chi connectivity index (χ0v) is 14.8. The number of benzene rings is 1. The van der Waals surface area contributed by atoms with Gasteiger partial charge in [0.2, 0.25) is 0 Å². The third-order valence-corrected chi connectivity index (χ3v) is 5.19. The molecular weight excluding hydrogens is 353 g/mol. The first-order valence-corrected chi connectivity index (χ1v) is 8.58. The number of rotatable bonds is 3. The second kappa shape index (κ2) is 6.35. The second-order valence-corrected chi connectivity index (χ2v) is 7.04. The van der Waals surface area contributed by atoms with Gasteiger partial charge in [0, 0.05) is 11.6 Å². The number of aryl methyl sites for hydroxylation is 1. The molecule has 0 saturated carbocycles. The molecule has 142 valence electrons. The van der Waals surface area contributed by atoms with Crippen molar-refractivity contribution < 1.29 is 24.4 Å². The van der Waals surface area contributed by atoms with E-state index in [4.69, 9.17) is 4.74 Å². The van der Waals surface area contributed by atoms with Gasteiger partial charge in [0.1, 0.15) is 41.7 Å². The van der Waals surface area contributed by atoms with Gasteiger partial charge in [0.05, 0.1) is 5.69 Å². The molecule has 3 heterocycles. The number of aromatic nitrogens is 3. The summed E-state index contributed by atoms with van der Waals surface area (Å²) >= 11 is 0. The van der Waals surface area contributed by atoms with Gasteiger partial charge in [-0.2, -0.15) is 0 Å². The summed E-state index contributed by atoms with van der Waals surface area (Å²) in [5.74, 6) is -0.509. The molecule has 0 spiro atoms. The van der Waals surface area contributed by atoms with E-state index >= 15 is 0 Å². The molecule has 4 rings (SSSR count). The lowest BCUT2D eigenvalue weighted by molar-refractivity contribution is -0.115. The van der Waals surface area contributed by atoms with Crippen molar-refractivity contribution in [2.45, 2.75) is 44.0 Å². The highest BCUT2D eigenvalue weighted by Crippen LogP contribution is 2.43. The summed E-state index contributed by atoms with van der Waals surface area (Å²) < 4.78 is 21.0. The molecule has 1 aliphatic rings. The van der Waals surface area contributed by atoms with Crippen molar-refractivity contribution in [1.82, 2.24) is 14.5 Å². The van der Waals surface area contributed by atoms with Crippen LogP contribution in [0.1, 0.15) is 30.5 Å². The van der Waals surface area contributed by atoms with Crippen LogP contribution in [0.5, 0.6) is 0 Å². The van der Waals surface area contributed by atoms with E-state index in [0.29, 0.717) is 5.65 Å². The van der Waals surface area contributed by atoms with E-state index < -0.39 is 36.0 Å². The Bertz CT molecular complexity index is 990. The van der Waals surface area contributed by atoms with Gasteiger partial charge in [0.15, 0.2) is 6.23 Å². The van der Waals surface area contributed by atoms with Gasteiger partial charge < -0.3 is 24.6 Å². The van der Waals surface area contributed by atoms with E-state index in [0.717, 1.165) is 11.1 Å². The Morgan fingerprint density at radius 3 is 2.81 bits per heavy atom. The Hall–Kier alpha value is -2.39. The maximum absolute atomic E-state index is 13.5. The predicted molar refractivity (Wildman–Crippen MR) is 94.2 cm³/mol. The first kappa shape index (κ1) is 18.0. The molecule has 0 aliphatic carbocycles. The summed E-state index contributed by atoms with van der Waals surface area (Å²) in [5, 5.41) is 33.0. The minimum absolute atomic E-state index is 0.253. The number of aliphatic hydroxyl groups is 3. The third-order valence-electron chi connectivity index (χ3n) is 5.19. The van der Waals surface area contributed by atoms with Crippen LogP contribution in [0.2, 0.25) is 0 Å². The maximum Gasteiger partial charge on any atom is 0.164 e. The number of nitrogens with zero attached hydrogens (tertiary/aromatic N) is 3. The van der Waals surface area contributed by atoms with Crippen LogP contribution in [-0.2, 0) is 4.74 Å². The summed E-state index contributed by atoms with van der Waals surface area (Å²) in [6, 6.07) is 7.23. The van der Waals surface area contributed by atoms with Gasteiger partial charge >= 0.3 is 0 Å². The van der Waals surface area contributed by atoms with Crippen molar-refractivity contribution in [3.63, 3.8) is 0 Å².